The second-order valence-electron chi connectivity index (χ2n) is 8.19. The maximum atomic E-state index is 10.6. The number of carboxylic acids is 2. The molecule has 0 aliphatic carbocycles. The highest BCUT2D eigenvalue weighted by atomic mass is 32.1. The molecule has 0 radical (unpaired) electrons. The van der Waals surface area contributed by atoms with Gasteiger partial charge in [-0.25, -0.2) is 9.59 Å². The van der Waals surface area contributed by atoms with Gasteiger partial charge in [0.15, 0.2) is 0 Å². The lowest BCUT2D eigenvalue weighted by Crippen LogP contribution is -2.41. The second-order valence-corrected chi connectivity index (χ2v) is 9.22. The first-order chi connectivity index (χ1) is 17.8. The van der Waals surface area contributed by atoms with Crippen LogP contribution in [0.4, 0.5) is 26.3 Å². The van der Waals surface area contributed by atoms with Crippen LogP contribution in [0.25, 0.3) is 0 Å². The lowest BCUT2D eigenvalue weighted by Gasteiger charge is -2.32. The Morgan fingerprint density at radius 1 is 1.13 bits per heavy atom. The zero-order chi connectivity index (χ0) is 28.3. The minimum Gasteiger partial charge on any atom is -0.475 e. The number of hydrogen-bond donors (Lipinski definition) is 2. The van der Waals surface area contributed by atoms with E-state index in [-0.39, 0.29) is 12.2 Å². The highest BCUT2D eigenvalue weighted by molar-refractivity contribution is 7.09. The van der Waals surface area contributed by atoms with Gasteiger partial charge >= 0.3 is 24.3 Å². The molecule has 4 rings (SSSR count). The molecule has 2 N–H and O–H groups in total. The van der Waals surface area contributed by atoms with Crippen molar-refractivity contribution in [1.29, 1.82) is 0 Å². The number of carbonyl (C=O) groups is 2. The Labute approximate surface area is 217 Å². The lowest BCUT2D eigenvalue weighted by atomic mass is 10.0. The third kappa shape index (κ3) is 10.6. The van der Waals surface area contributed by atoms with Crippen molar-refractivity contribution in [3.05, 3.63) is 40.8 Å². The quantitative estimate of drug-likeness (QED) is 0.376. The van der Waals surface area contributed by atoms with Crippen molar-refractivity contribution in [1.82, 2.24) is 14.7 Å². The number of carboxylic acid groups (broad SMARTS) is 2. The topological polar surface area (TPSA) is 114 Å². The van der Waals surface area contributed by atoms with Crippen LogP contribution in [0.5, 0.6) is 0 Å². The fraction of sp³-hybridized carbons (Fsp3) is 0.591. The van der Waals surface area contributed by atoms with Gasteiger partial charge in [0.25, 0.3) is 0 Å². The maximum absolute atomic E-state index is 10.6. The molecule has 9 nitrogen and oxygen atoms in total. The molecule has 0 unspecified atom stereocenters. The fourth-order valence-corrected chi connectivity index (χ4v) is 4.56. The average molecular weight is 576 g/mol. The number of aryl methyl sites for hydroxylation is 1. The van der Waals surface area contributed by atoms with Gasteiger partial charge in [-0.1, -0.05) is 6.07 Å². The molecule has 214 valence electrons. The van der Waals surface area contributed by atoms with E-state index >= 15 is 0 Å². The van der Waals surface area contributed by atoms with Crippen molar-refractivity contribution >= 4 is 23.3 Å². The van der Waals surface area contributed by atoms with Gasteiger partial charge in [-0.05, 0) is 36.8 Å². The van der Waals surface area contributed by atoms with Crippen molar-refractivity contribution in [2.75, 3.05) is 19.8 Å². The highest BCUT2D eigenvalue weighted by Crippen LogP contribution is 2.32. The van der Waals surface area contributed by atoms with Crippen LogP contribution in [0.2, 0.25) is 0 Å². The molecule has 38 heavy (non-hydrogen) atoms. The number of aliphatic carboxylic acids is 2. The zero-order valence-electron chi connectivity index (χ0n) is 19.9. The SMILES string of the molecule is O=C(O)C(F)(F)F.O=C(O)C(F)(F)F.c1csc(CN2C[C@@H](OCCCn3cccn3)[C@H]3OCCC[C@H]32)c1. The van der Waals surface area contributed by atoms with Gasteiger partial charge in [-0.2, -0.15) is 31.4 Å². The zero-order valence-corrected chi connectivity index (χ0v) is 20.7. The number of alkyl halides is 6. The van der Waals surface area contributed by atoms with Crippen molar-refractivity contribution in [3.8, 4) is 0 Å². The van der Waals surface area contributed by atoms with Gasteiger partial charge in [-0.15, -0.1) is 11.3 Å². The molecule has 2 fully saturated rings. The van der Waals surface area contributed by atoms with E-state index in [4.69, 9.17) is 29.3 Å². The number of nitrogens with zero attached hydrogens (tertiary/aromatic N) is 3. The van der Waals surface area contributed by atoms with Gasteiger partial charge in [0.2, 0.25) is 0 Å². The van der Waals surface area contributed by atoms with E-state index in [0.29, 0.717) is 6.04 Å². The van der Waals surface area contributed by atoms with Gasteiger partial charge in [0.05, 0.1) is 6.10 Å². The first-order valence-electron chi connectivity index (χ1n) is 11.4. The number of fused-ring (bicyclic) bond motifs is 1. The summed E-state index contributed by atoms with van der Waals surface area (Å²) in [7, 11) is 0. The van der Waals surface area contributed by atoms with Crippen molar-refractivity contribution in [3.63, 3.8) is 0 Å². The van der Waals surface area contributed by atoms with Crippen LogP contribution in [-0.4, -0.2) is 87.2 Å². The number of likely N-dealkylation sites (tertiary alicyclic amines) is 1. The molecule has 2 saturated heterocycles. The molecule has 2 aromatic heterocycles. The van der Waals surface area contributed by atoms with Crippen molar-refractivity contribution < 1.29 is 55.6 Å². The van der Waals surface area contributed by atoms with E-state index < -0.39 is 24.3 Å². The van der Waals surface area contributed by atoms with E-state index in [2.05, 4.69) is 27.5 Å². The summed E-state index contributed by atoms with van der Waals surface area (Å²) >= 11 is 1.84. The number of rotatable bonds is 7. The molecule has 0 saturated carbocycles. The number of hydrogen-bond acceptors (Lipinski definition) is 7. The Morgan fingerprint density at radius 2 is 1.79 bits per heavy atom. The first kappa shape index (κ1) is 31.5. The van der Waals surface area contributed by atoms with Crippen LogP contribution >= 0.6 is 11.3 Å². The van der Waals surface area contributed by atoms with Crippen LogP contribution in [0.3, 0.4) is 0 Å². The van der Waals surface area contributed by atoms with E-state index in [1.807, 2.05) is 34.5 Å². The maximum Gasteiger partial charge on any atom is 0.490 e. The molecule has 0 aromatic carbocycles. The van der Waals surface area contributed by atoms with Crippen LogP contribution in [0, 0.1) is 0 Å². The monoisotopic (exact) mass is 575 g/mol. The Balaban J connectivity index is 0.000000301. The summed E-state index contributed by atoms with van der Waals surface area (Å²) in [6.07, 6.45) is -2.53. The van der Waals surface area contributed by atoms with E-state index in [9.17, 15) is 26.3 Å². The standard InChI is InChI=1S/C18H25N3O2S.2C2HF3O2/c1-6-16-18(23-10-1)17(14-20(16)13-15-5-2-12-24-15)22-11-4-9-21-8-3-7-19-21;2*3-2(4,5)1(6)7/h2-3,5,7-8,12,16-18H,1,4,6,9-11,13-14H2;2*(H,6,7)/t16-,17-,18+;;/m1../s1. The largest absolute Gasteiger partial charge is 0.490 e. The average Bonchev–Trinajstić information content (AvgIpc) is 3.60. The summed E-state index contributed by atoms with van der Waals surface area (Å²) in [5.41, 5.74) is 0. The molecule has 0 bridgehead atoms. The summed E-state index contributed by atoms with van der Waals surface area (Å²) in [5, 5.41) is 20.6. The van der Waals surface area contributed by atoms with Crippen LogP contribution in [0.15, 0.2) is 36.0 Å². The van der Waals surface area contributed by atoms with Crippen LogP contribution in [0.1, 0.15) is 24.1 Å². The highest BCUT2D eigenvalue weighted by Gasteiger charge is 2.44. The predicted octanol–water partition coefficient (Wildman–Crippen LogP) is 4.05. The summed E-state index contributed by atoms with van der Waals surface area (Å²) < 4.78 is 77.7. The van der Waals surface area contributed by atoms with Gasteiger partial charge < -0.3 is 19.7 Å². The molecule has 2 aliphatic rings. The first-order valence-corrected chi connectivity index (χ1v) is 12.2. The Hall–Kier alpha value is -2.69. The van der Waals surface area contributed by atoms with E-state index in [1.165, 1.54) is 11.3 Å². The van der Waals surface area contributed by atoms with E-state index in [1.54, 1.807) is 0 Å². The summed E-state index contributed by atoms with van der Waals surface area (Å²) in [5.74, 6) is -5.51. The molecule has 4 heterocycles. The molecule has 3 atom stereocenters. The fourth-order valence-electron chi connectivity index (χ4n) is 3.83. The molecular formula is C22H27F6N3O6S. The van der Waals surface area contributed by atoms with Gasteiger partial charge in [0.1, 0.15) is 6.10 Å². The summed E-state index contributed by atoms with van der Waals surface area (Å²) in [6.45, 7) is 4.56. The Bertz CT molecular complexity index is 947. The van der Waals surface area contributed by atoms with Gasteiger partial charge in [-0.3, -0.25) is 9.58 Å². The lowest BCUT2D eigenvalue weighted by molar-refractivity contribution is -0.193. The smallest absolute Gasteiger partial charge is 0.475 e. The molecule has 2 aliphatic heterocycles. The second kappa shape index (κ2) is 14.5. The third-order valence-corrected chi connectivity index (χ3v) is 6.29. The predicted molar refractivity (Wildman–Crippen MR) is 121 cm³/mol. The van der Waals surface area contributed by atoms with E-state index in [0.717, 1.165) is 45.7 Å². The van der Waals surface area contributed by atoms with Crippen LogP contribution in [-0.2, 0) is 32.2 Å². The Kier molecular flexibility index (Phi) is 12.0. The molecule has 16 heteroatoms. The number of ether oxygens (including phenoxy) is 2. The number of halogens is 6. The Morgan fingerprint density at radius 3 is 2.32 bits per heavy atom. The normalized spacial score (nSPS) is 21.5. The number of aromatic nitrogens is 2. The minimum atomic E-state index is -5.08. The summed E-state index contributed by atoms with van der Waals surface area (Å²) in [4.78, 5) is 21.8. The molecular weight excluding hydrogens is 548 g/mol. The molecule has 0 amide bonds. The number of thiophene rings is 1. The summed E-state index contributed by atoms with van der Waals surface area (Å²) in [6, 6.07) is 6.83. The molecule has 0 spiro atoms. The van der Waals surface area contributed by atoms with Crippen LogP contribution < -0.4 is 0 Å². The van der Waals surface area contributed by atoms with Crippen molar-refractivity contribution in [2.45, 2.75) is 63.0 Å². The van der Waals surface area contributed by atoms with Crippen molar-refractivity contribution in [2.24, 2.45) is 0 Å². The van der Waals surface area contributed by atoms with Gasteiger partial charge in [0, 0.05) is 56.2 Å². The molecule has 2 aromatic rings. The third-order valence-electron chi connectivity index (χ3n) is 5.43. The minimum absolute atomic E-state index is 0.202.